The summed E-state index contributed by atoms with van der Waals surface area (Å²) >= 11 is 14.2. The molecular weight excluding hydrogens is 502 g/mol. The third kappa shape index (κ3) is 4.92. The maximum absolute atomic E-state index is 12.8. The van der Waals surface area contributed by atoms with Gasteiger partial charge in [-0.2, -0.15) is 0 Å². The number of hydrogen-bond donors (Lipinski definition) is 0. The fourth-order valence-electron chi connectivity index (χ4n) is 3.18. The quantitative estimate of drug-likeness (QED) is 0.173. The first-order valence-electron chi connectivity index (χ1n) is 9.74. The summed E-state index contributed by atoms with van der Waals surface area (Å²) in [5.74, 6) is -0.132. The minimum absolute atomic E-state index is 0.170. The van der Waals surface area contributed by atoms with E-state index >= 15 is 0 Å². The summed E-state index contributed by atoms with van der Waals surface area (Å²) in [6.07, 6.45) is 1.73. The van der Waals surface area contributed by atoms with E-state index in [0.717, 1.165) is 10.1 Å². The average Bonchev–Trinajstić information content (AvgIpc) is 3.29. The van der Waals surface area contributed by atoms with Gasteiger partial charge in [0.1, 0.15) is 9.20 Å². The van der Waals surface area contributed by atoms with Crippen LogP contribution >= 0.6 is 46.9 Å². The van der Waals surface area contributed by atoms with E-state index < -0.39 is 5.97 Å². The first-order chi connectivity index (χ1) is 15.9. The summed E-state index contributed by atoms with van der Waals surface area (Å²) in [4.78, 5) is 27.8. The number of thiophene rings is 1. The molecule has 1 aliphatic rings. The molecule has 1 amide bonds. The highest BCUT2D eigenvalue weighted by molar-refractivity contribution is 8.26. The number of hydrogen-bond acceptors (Lipinski definition) is 8. The number of thioether (sulfide) groups is 1. The molecule has 0 unspecified atom stereocenters. The van der Waals surface area contributed by atoms with Crippen LogP contribution in [0.4, 0.5) is 0 Å². The van der Waals surface area contributed by atoms with E-state index in [-0.39, 0.29) is 11.7 Å². The Kier molecular flexibility index (Phi) is 7.35. The number of esters is 1. The van der Waals surface area contributed by atoms with Gasteiger partial charge in [0.2, 0.25) is 0 Å². The largest absolute Gasteiger partial charge is 0.493 e. The predicted octanol–water partition coefficient (Wildman–Crippen LogP) is 5.63. The van der Waals surface area contributed by atoms with Crippen LogP contribution in [0.5, 0.6) is 11.5 Å². The fourth-order valence-corrected chi connectivity index (χ4v) is 5.87. The number of ether oxygens (including phenoxy) is 3. The molecule has 2 heterocycles. The van der Waals surface area contributed by atoms with Gasteiger partial charge >= 0.3 is 5.97 Å². The molecule has 0 radical (unpaired) electrons. The van der Waals surface area contributed by atoms with Gasteiger partial charge in [0.15, 0.2) is 11.5 Å². The maximum Gasteiger partial charge on any atom is 0.355 e. The number of fused-ring (bicyclic) bond motifs is 1. The topological polar surface area (TPSA) is 65.1 Å². The monoisotopic (exact) mass is 519 g/mol. The van der Waals surface area contributed by atoms with Gasteiger partial charge in [0.05, 0.1) is 30.2 Å². The zero-order valence-corrected chi connectivity index (χ0v) is 20.8. The first-order valence-corrected chi connectivity index (χ1v) is 12.2. The van der Waals surface area contributed by atoms with Crippen LogP contribution in [0.1, 0.15) is 15.2 Å². The van der Waals surface area contributed by atoms with Crippen molar-refractivity contribution in [2.45, 2.75) is 0 Å². The van der Waals surface area contributed by atoms with Gasteiger partial charge in [0, 0.05) is 17.2 Å². The molecule has 0 spiro atoms. The highest BCUT2D eigenvalue weighted by Gasteiger charge is 2.31. The molecule has 10 heteroatoms. The molecule has 0 aliphatic carbocycles. The van der Waals surface area contributed by atoms with Crippen molar-refractivity contribution in [3.05, 3.63) is 62.8 Å². The van der Waals surface area contributed by atoms with E-state index in [1.165, 1.54) is 35.1 Å². The van der Waals surface area contributed by atoms with Crippen molar-refractivity contribution in [2.75, 3.05) is 27.4 Å². The Bertz CT molecular complexity index is 1290. The molecule has 0 atom stereocenters. The van der Waals surface area contributed by atoms with Crippen molar-refractivity contribution in [1.29, 1.82) is 0 Å². The van der Waals surface area contributed by atoms with Crippen LogP contribution in [0.2, 0.25) is 5.02 Å². The highest BCUT2D eigenvalue weighted by atomic mass is 35.5. The van der Waals surface area contributed by atoms with Crippen LogP contribution in [-0.2, 0) is 9.53 Å². The molecule has 1 aromatic heterocycles. The van der Waals surface area contributed by atoms with Crippen LogP contribution in [-0.4, -0.2) is 48.5 Å². The zero-order chi connectivity index (χ0) is 23.5. The summed E-state index contributed by atoms with van der Waals surface area (Å²) < 4.78 is 17.4. The third-order valence-electron chi connectivity index (χ3n) is 4.80. The summed E-state index contributed by atoms with van der Waals surface area (Å²) in [6.45, 7) is 0.800. The Labute approximate surface area is 209 Å². The minimum atomic E-state index is -0.564. The maximum atomic E-state index is 12.8. The number of carbonyl (C=O) groups is 2. The lowest BCUT2D eigenvalue weighted by Crippen LogP contribution is -2.31. The van der Waals surface area contributed by atoms with E-state index in [2.05, 4.69) is 0 Å². The molecule has 170 valence electrons. The number of nitrogens with zero attached hydrogens (tertiary/aromatic N) is 1. The number of benzene rings is 2. The highest BCUT2D eigenvalue weighted by Crippen LogP contribution is 2.38. The Morgan fingerprint density at radius 1 is 1.18 bits per heavy atom. The van der Waals surface area contributed by atoms with Crippen molar-refractivity contribution in [3.63, 3.8) is 0 Å². The second-order valence-corrected chi connectivity index (χ2v) is 9.97. The lowest BCUT2D eigenvalue weighted by Gasteiger charge is -2.13. The standard InChI is InChI=1S/C23H18ClNO5S3/c1-28-10-9-25-21(26)18(33-23(25)31)12-13-7-8-15(16(11-13)29-2)30-22(27)20-19(24)14-5-3-4-6-17(14)32-20/h3-8,11-12H,9-10H2,1-2H3. The van der Waals surface area contributed by atoms with Crippen molar-refractivity contribution in [3.8, 4) is 11.5 Å². The zero-order valence-electron chi connectivity index (χ0n) is 17.6. The molecule has 3 aromatic rings. The SMILES string of the molecule is COCCN1C(=O)C(=Cc2ccc(OC(=O)c3sc4ccccc4c3Cl)c(OC)c2)SC1=S. The molecule has 0 saturated carbocycles. The van der Waals surface area contributed by atoms with Crippen molar-refractivity contribution in [1.82, 2.24) is 4.90 Å². The number of amides is 1. The Hall–Kier alpha value is -2.43. The van der Waals surface area contributed by atoms with Crippen LogP contribution in [0.15, 0.2) is 47.4 Å². The fraction of sp³-hybridized carbons (Fsp3) is 0.174. The van der Waals surface area contributed by atoms with Crippen LogP contribution in [0.3, 0.4) is 0 Å². The molecule has 0 N–H and O–H groups in total. The van der Waals surface area contributed by atoms with Gasteiger partial charge in [-0.25, -0.2) is 4.79 Å². The molecule has 4 rings (SSSR count). The smallest absolute Gasteiger partial charge is 0.355 e. The number of carbonyl (C=O) groups excluding carboxylic acids is 2. The summed E-state index contributed by atoms with van der Waals surface area (Å²) in [6, 6.07) is 12.6. The van der Waals surface area contributed by atoms with Gasteiger partial charge in [-0.3, -0.25) is 9.69 Å². The van der Waals surface area contributed by atoms with Gasteiger partial charge in [-0.05, 0) is 29.8 Å². The Balaban J connectivity index is 1.55. The number of thiocarbonyl (C=S) groups is 1. The summed E-state index contributed by atoms with van der Waals surface area (Å²) in [5, 5.41) is 1.17. The van der Waals surface area contributed by atoms with E-state index in [1.54, 1.807) is 31.4 Å². The number of methoxy groups -OCH3 is 2. The van der Waals surface area contributed by atoms with E-state index in [1.807, 2.05) is 24.3 Å². The molecule has 2 aromatic carbocycles. The molecule has 0 bridgehead atoms. The third-order valence-corrected chi connectivity index (χ3v) is 7.83. The van der Waals surface area contributed by atoms with E-state index in [9.17, 15) is 9.59 Å². The van der Waals surface area contributed by atoms with Crippen molar-refractivity contribution in [2.24, 2.45) is 0 Å². The Morgan fingerprint density at radius 2 is 1.97 bits per heavy atom. The molecular formula is C23H18ClNO5S3. The van der Waals surface area contributed by atoms with E-state index in [4.69, 9.17) is 38.0 Å². The molecule has 1 fully saturated rings. The normalized spacial score (nSPS) is 15.0. The molecule has 33 heavy (non-hydrogen) atoms. The molecule has 1 aliphatic heterocycles. The van der Waals surface area contributed by atoms with Crippen LogP contribution < -0.4 is 9.47 Å². The lowest BCUT2D eigenvalue weighted by atomic mass is 10.2. The van der Waals surface area contributed by atoms with Gasteiger partial charge in [-0.15, -0.1) is 11.3 Å². The summed E-state index contributed by atoms with van der Waals surface area (Å²) in [5.41, 5.74) is 0.707. The van der Waals surface area contributed by atoms with Crippen molar-refractivity contribution < 1.29 is 23.8 Å². The van der Waals surface area contributed by atoms with Gasteiger partial charge in [-0.1, -0.05) is 59.8 Å². The average molecular weight is 520 g/mol. The van der Waals surface area contributed by atoms with E-state index in [0.29, 0.717) is 43.6 Å². The lowest BCUT2D eigenvalue weighted by molar-refractivity contribution is -0.122. The van der Waals surface area contributed by atoms with Gasteiger partial charge in [0.25, 0.3) is 5.91 Å². The van der Waals surface area contributed by atoms with Crippen LogP contribution in [0.25, 0.3) is 16.2 Å². The Morgan fingerprint density at radius 3 is 2.70 bits per heavy atom. The summed E-state index contributed by atoms with van der Waals surface area (Å²) in [7, 11) is 3.05. The minimum Gasteiger partial charge on any atom is -0.493 e. The second kappa shape index (κ2) is 10.2. The van der Waals surface area contributed by atoms with Crippen molar-refractivity contribution >= 4 is 79.3 Å². The number of halogens is 1. The molecule has 6 nitrogen and oxygen atoms in total. The second-order valence-electron chi connectivity index (χ2n) is 6.87. The predicted molar refractivity (Wildman–Crippen MR) is 137 cm³/mol. The van der Waals surface area contributed by atoms with Crippen LogP contribution in [0, 0.1) is 0 Å². The van der Waals surface area contributed by atoms with Gasteiger partial charge < -0.3 is 14.2 Å². The molecule has 1 saturated heterocycles. The number of rotatable bonds is 7. The first kappa shape index (κ1) is 23.7.